The summed E-state index contributed by atoms with van der Waals surface area (Å²) in [4.78, 5) is 31.1. The molecule has 2 N–H and O–H groups in total. The minimum Gasteiger partial charge on any atom is -0.320 e. The van der Waals surface area contributed by atoms with Crippen LogP contribution in [0.15, 0.2) is 65.8 Å². The van der Waals surface area contributed by atoms with Gasteiger partial charge in [-0.25, -0.2) is 18.4 Å². The maximum atomic E-state index is 12.9. The zero-order chi connectivity index (χ0) is 19.7. The number of carbonyl (C=O) groups is 1. The van der Waals surface area contributed by atoms with Crippen LogP contribution in [-0.4, -0.2) is 25.7 Å². The SMILES string of the molecule is O=C(Nc1ccccc1-n1ncc2c(=O)[nH]cnc21)c1cccc(C(F)F)c1. The van der Waals surface area contributed by atoms with E-state index in [1.54, 1.807) is 24.3 Å². The monoisotopic (exact) mass is 381 g/mol. The number of carbonyl (C=O) groups excluding carboxylic acids is 1. The molecule has 0 unspecified atom stereocenters. The van der Waals surface area contributed by atoms with Crippen LogP contribution in [0.4, 0.5) is 14.5 Å². The molecular weight excluding hydrogens is 368 g/mol. The number of hydrogen-bond acceptors (Lipinski definition) is 4. The Morgan fingerprint density at radius 2 is 1.96 bits per heavy atom. The highest BCUT2D eigenvalue weighted by Crippen LogP contribution is 2.24. The molecule has 1 amide bonds. The zero-order valence-electron chi connectivity index (χ0n) is 14.3. The van der Waals surface area contributed by atoms with Gasteiger partial charge >= 0.3 is 0 Å². The minimum atomic E-state index is -2.67. The summed E-state index contributed by atoms with van der Waals surface area (Å²) in [5.74, 6) is -0.544. The maximum absolute atomic E-state index is 12.9. The molecule has 28 heavy (non-hydrogen) atoms. The van der Waals surface area contributed by atoms with Crippen molar-refractivity contribution in [1.29, 1.82) is 0 Å². The molecule has 0 saturated carbocycles. The van der Waals surface area contributed by atoms with Crippen LogP contribution in [-0.2, 0) is 0 Å². The van der Waals surface area contributed by atoms with Crippen LogP contribution in [0.2, 0.25) is 0 Å². The number of hydrogen-bond donors (Lipinski definition) is 2. The van der Waals surface area contributed by atoms with Crippen molar-refractivity contribution in [3.8, 4) is 5.69 Å². The number of benzene rings is 2. The first-order valence-electron chi connectivity index (χ1n) is 8.25. The summed E-state index contributed by atoms with van der Waals surface area (Å²) >= 11 is 0. The molecule has 0 atom stereocenters. The summed E-state index contributed by atoms with van der Waals surface area (Å²) in [6.45, 7) is 0. The first-order valence-corrected chi connectivity index (χ1v) is 8.25. The van der Waals surface area contributed by atoms with Crippen LogP contribution in [0.3, 0.4) is 0 Å². The zero-order valence-corrected chi connectivity index (χ0v) is 14.3. The topological polar surface area (TPSA) is 92.7 Å². The first kappa shape index (κ1) is 17.5. The third-order valence-corrected chi connectivity index (χ3v) is 4.15. The van der Waals surface area contributed by atoms with E-state index in [0.717, 1.165) is 6.07 Å². The second-order valence-corrected chi connectivity index (χ2v) is 5.92. The van der Waals surface area contributed by atoms with E-state index in [4.69, 9.17) is 0 Å². The summed E-state index contributed by atoms with van der Waals surface area (Å²) in [7, 11) is 0. The van der Waals surface area contributed by atoms with Crippen molar-refractivity contribution in [2.75, 3.05) is 5.32 Å². The summed E-state index contributed by atoms with van der Waals surface area (Å²) < 4.78 is 27.2. The lowest BCUT2D eigenvalue weighted by Crippen LogP contribution is -2.14. The summed E-state index contributed by atoms with van der Waals surface area (Å²) in [5.41, 5.74) is 0.734. The van der Waals surface area contributed by atoms with Gasteiger partial charge in [0.2, 0.25) is 0 Å². The Morgan fingerprint density at radius 3 is 2.79 bits per heavy atom. The van der Waals surface area contributed by atoms with Crippen molar-refractivity contribution in [1.82, 2.24) is 19.7 Å². The number of fused-ring (bicyclic) bond motifs is 1. The van der Waals surface area contributed by atoms with Crippen LogP contribution >= 0.6 is 0 Å². The molecule has 2 heterocycles. The highest BCUT2D eigenvalue weighted by Gasteiger charge is 2.15. The lowest BCUT2D eigenvalue weighted by atomic mass is 10.1. The molecule has 9 heteroatoms. The molecule has 4 aromatic rings. The first-order chi connectivity index (χ1) is 13.5. The van der Waals surface area contributed by atoms with E-state index in [1.807, 2.05) is 0 Å². The van der Waals surface area contributed by atoms with Gasteiger partial charge in [0.1, 0.15) is 5.39 Å². The fraction of sp³-hybridized carbons (Fsp3) is 0.0526. The third-order valence-electron chi connectivity index (χ3n) is 4.15. The van der Waals surface area contributed by atoms with Gasteiger partial charge in [-0.05, 0) is 24.3 Å². The van der Waals surface area contributed by atoms with E-state index < -0.39 is 12.3 Å². The summed E-state index contributed by atoms with van der Waals surface area (Å²) in [6.07, 6.45) is -0.0224. The van der Waals surface area contributed by atoms with Crippen molar-refractivity contribution in [3.63, 3.8) is 0 Å². The van der Waals surface area contributed by atoms with Gasteiger partial charge in [0.25, 0.3) is 17.9 Å². The molecule has 0 fully saturated rings. The lowest BCUT2D eigenvalue weighted by Gasteiger charge is -2.12. The molecule has 0 bridgehead atoms. The molecule has 0 radical (unpaired) electrons. The number of H-pyrrole nitrogens is 1. The van der Waals surface area contributed by atoms with Crippen molar-refractivity contribution in [3.05, 3.63) is 82.5 Å². The molecule has 0 aliphatic rings. The van der Waals surface area contributed by atoms with E-state index >= 15 is 0 Å². The summed E-state index contributed by atoms with van der Waals surface area (Å²) in [5, 5.41) is 7.19. The Morgan fingerprint density at radius 1 is 1.14 bits per heavy atom. The van der Waals surface area contributed by atoms with Crippen LogP contribution in [0.5, 0.6) is 0 Å². The number of halogens is 2. The van der Waals surface area contributed by atoms with Gasteiger partial charge in [-0.15, -0.1) is 0 Å². The van der Waals surface area contributed by atoms with Crippen molar-refractivity contribution in [2.24, 2.45) is 0 Å². The Balaban J connectivity index is 1.72. The van der Waals surface area contributed by atoms with Gasteiger partial charge < -0.3 is 10.3 Å². The molecule has 7 nitrogen and oxygen atoms in total. The van der Waals surface area contributed by atoms with Crippen LogP contribution in [0, 0.1) is 0 Å². The Labute approximate surface area is 156 Å². The van der Waals surface area contributed by atoms with Crippen molar-refractivity contribution in [2.45, 2.75) is 6.43 Å². The number of anilines is 1. The predicted octanol–water partition coefficient (Wildman–Crippen LogP) is 3.30. The van der Waals surface area contributed by atoms with Crippen molar-refractivity contribution < 1.29 is 13.6 Å². The number of alkyl halides is 2. The van der Waals surface area contributed by atoms with Gasteiger partial charge in [0, 0.05) is 11.1 Å². The van der Waals surface area contributed by atoms with Crippen LogP contribution in [0.1, 0.15) is 22.3 Å². The molecule has 4 rings (SSSR count). The highest BCUT2D eigenvalue weighted by atomic mass is 19.3. The second kappa shape index (κ2) is 7.03. The number of aromatic nitrogens is 4. The quantitative estimate of drug-likeness (QED) is 0.567. The Bertz CT molecular complexity index is 1230. The molecule has 2 aromatic heterocycles. The molecule has 0 saturated heterocycles. The number of amides is 1. The van der Waals surface area contributed by atoms with Gasteiger partial charge in [0.15, 0.2) is 5.65 Å². The van der Waals surface area contributed by atoms with E-state index in [0.29, 0.717) is 22.4 Å². The Hall–Kier alpha value is -3.88. The van der Waals surface area contributed by atoms with Gasteiger partial charge in [0.05, 0.1) is 23.9 Å². The van der Waals surface area contributed by atoms with Gasteiger partial charge in [-0.3, -0.25) is 9.59 Å². The lowest BCUT2D eigenvalue weighted by molar-refractivity contribution is 0.102. The molecular formula is C19H13F2N5O2. The largest absolute Gasteiger partial charge is 0.320 e. The third kappa shape index (κ3) is 3.13. The molecule has 140 valence electrons. The minimum absolute atomic E-state index is 0.104. The number of nitrogens with zero attached hydrogens (tertiary/aromatic N) is 3. The second-order valence-electron chi connectivity index (χ2n) is 5.92. The van der Waals surface area contributed by atoms with Gasteiger partial charge in [-0.2, -0.15) is 5.10 Å². The van der Waals surface area contributed by atoms with Crippen LogP contribution < -0.4 is 10.9 Å². The smallest absolute Gasteiger partial charge is 0.263 e. The van der Waals surface area contributed by atoms with E-state index in [9.17, 15) is 18.4 Å². The number of nitrogens with one attached hydrogen (secondary N) is 2. The predicted molar refractivity (Wildman–Crippen MR) is 98.8 cm³/mol. The highest BCUT2D eigenvalue weighted by molar-refractivity contribution is 6.05. The number of rotatable bonds is 4. The van der Waals surface area contributed by atoms with Crippen molar-refractivity contribution >= 4 is 22.6 Å². The number of para-hydroxylation sites is 2. The van der Waals surface area contributed by atoms with E-state index in [-0.39, 0.29) is 16.7 Å². The molecule has 0 aliphatic carbocycles. The average Bonchev–Trinajstić information content (AvgIpc) is 3.14. The van der Waals surface area contributed by atoms with Crippen LogP contribution in [0.25, 0.3) is 16.7 Å². The van der Waals surface area contributed by atoms with Gasteiger partial charge in [-0.1, -0.05) is 24.3 Å². The molecule has 0 aliphatic heterocycles. The average molecular weight is 381 g/mol. The Kier molecular flexibility index (Phi) is 4.40. The van der Waals surface area contributed by atoms with E-state index in [2.05, 4.69) is 20.4 Å². The fourth-order valence-electron chi connectivity index (χ4n) is 2.81. The maximum Gasteiger partial charge on any atom is 0.263 e. The molecule has 0 spiro atoms. The van der Waals surface area contributed by atoms with E-state index in [1.165, 1.54) is 35.4 Å². The standard InChI is InChI=1S/C19H13F2N5O2/c20-16(21)11-4-3-5-12(8-11)18(27)25-14-6-1-2-7-15(14)26-17-13(9-24-26)19(28)23-10-22-17/h1-10,16H,(H,25,27)(H,22,23,28). The summed E-state index contributed by atoms with van der Waals surface area (Å²) in [6, 6.07) is 12.0. The fourth-order valence-corrected chi connectivity index (χ4v) is 2.81. The normalized spacial score (nSPS) is 11.1. The molecule has 2 aromatic carbocycles. The number of aromatic amines is 1.